The second-order valence-electron chi connectivity index (χ2n) is 7.71. The summed E-state index contributed by atoms with van der Waals surface area (Å²) in [6, 6.07) is 12.5. The molecule has 0 radical (unpaired) electrons. The summed E-state index contributed by atoms with van der Waals surface area (Å²) >= 11 is 0. The van der Waals surface area contributed by atoms with Gasteiger partial charge in [-0.15, -0.1) is 0 Å². The van der Waals surface area contributed by atoms with Crippen LogP contribution in [0.1, 0.15) is 31.7 Å². The van der Waals surface area contributed by atoms with Crippen LogP contribution in [0.3, 0.4) is 0 Å². The summed E-state index contributed by atoms with van der Waals surface area (Å²) in [5.41, 5.74) is 2.30. The van der Waals surface area contributed by atoms with E-state index in [1.807, 2.05) is 30.5 Å². The van der Waals surface area contributed by atoms with E-state index in [0.29, 0.717) is 31.2 Å². The Morgan fingerprint density at radius 2 is 1.93 bits per heavy atom. The van der Waals surface area contributed by atoms with Crippen molar-refractivity contribution < 1.29 is 9.18 Å². The van der Waals surface area contributed by atoms with Crippen molar-refractivity contribution >= 4 is 33.5 Å². The molecule has 0 bridgehead atoms. The lowest BCUT2D eigenvalue weighted by atomic mass is 9.85. The molecule has 1 amide bonds. The number of aromatic amines is 2. The van der Waals surface area contributed by atoms with Crippen molar-refractivity contribution in [1.82, 2.24) is 14.5 Å². The minimum atomic E-state index is -0.426. The molecule has 5 rings (SSSR count). The lowest BCUT2D eigenvalue weighted by Gasteiger charge is -2.28. The number of fused-ring (bicyclic) bond motifs is 2. The number of nitrogens with one attached hydrogen (secondary N) is 3. The molecule has 1 aliphatic rings. The largest absolute Gasteiger partial charge is 0.361 e. The predicted octanol–water partition coefficient (Wildman–Crippen LogP) is 4.32. The van der Waals surface area contributed by atoms with E-state index in [1.165, 1.54) is 6.07 Å². The molecule has 0 aliphatic heterocycles. The molecule has 1 fully saturated rings. The fraction of sp³-hybridized carbons (Fsp3) is 0.273. The summed E-state index contributed by atoms with van der Waals surface area (Å²) in [5.74, 6) is -0.514. The zero-order chi connectivity index (χ0) is 20.0. The van der Waals surface area contributed by atoms with Gasteiger partial charge in [0.25, 0.3) is 0 Å². The first-order valence-corrected chi connectivity index (χ1v) is 9.87. The number of benzene rings is 2. The van der Waals surface area contributed by atoms with Crippen LogP contribution < -0.4 is 11.0 Å². The van der Waals surface area contributed by atoms with E-state index in [4.69, 9.17) is 0 Å². The highest BCUT2D eigenvalue weighted by molar-refractivity contribution is 5.95. The van der Waals surface area contributed by atoms with E-state index in [-0.39, 0.29) is 29.1 Å². The van der Waals surface area contributed by atoms with Crippen molar-refractivity contribution in [2.45, 2.75) is 31.7 Å². The van der Waals surface area contributed by atoms with Crippen LogP contribution in [0.25, 0.3) is 21.9 Å². The number of rotatable bonds is 3. The summed E-state index contributed by atoms with van der Waals surface area (Å²) in [4.78, 5) is 30.9. The Bertz CT molecular complexity index is 1260. The van der Waals surface area contributed by atoms with Gasteiger partial charge in [-0.2, -0.15) is 0 Å². The second-order valence-corrected chi connectivity index (χ2v) is 7.71. The van der Waals surface area contributed by atoms with Gasteiger partial charge in [-0.1, -0.05) is 12.1 Å². The Hall–Kier alpha value is -3.35. The zero-order valence-corrected chi connectivity index (χ0v) is 15.7. The van der Waals surface area contributed by atoms with E-state index >= 15 is 0 Å². The topological polar surface area (TPSA) is 82.7 Å². The van der Waals surface area contributed by atoms with Gasteiger partial charge in [0.15, 0.2) is 0 Å². The average Bonchev–Trinajstić information content (AvgIpc) is 3.32. The fourth-order valence-electron chi connectivity index (χ4n) is 4.44. The molecular weight excluding hydrogens is 371 g/mol. The summed E-state index contributed by atoms with van der Waals surface area (Å²) in [6.45, 7) is 0. The lowest BCUT2D eigenvalue weighted by molar-refractivity contribution is -0.121. The number of aromatic nitrogens is 3. The van der Waals surface area contributed by atoms with E-state index in [9.17, 15) is 14.0 Å². The summed E-state index contributed by atoms with van der Waals surface area (Å²) in [7, 11) is 0. The van der Waals surface area contributed by atoms with Crippen molar-refractivity contribution in [3.63, 3.8) is 0 Å². The highest BCUT2D eigenvalue weighted by atomic mass is 19.1. The van der Waals surface area contributed by atoms with Gasteiger partial charge >= 0.3 is 5.69 Å². The molecule has 4 aromatic rings. The number of imidazole rings is 1. The third kappa shape index (κ3) is 3.12. The highest BCUT2D eigenvalue weighted by Crippen LogP contribution is 2.34. The van der Waals surface area contributed by atoms with Crippen LogP contribution >= 0.6 is 0 Å². The minimum absolute atomic E-state index is 0.00618. The molecule has 0 spiro atoms. The minimum Gasteiger partial charge on any atom is -0.361 e. The predicted molar refractivity (Wildman–Crippen MR) is 110 cm³/mol. The fourth-order valence-corrected chi connectivity index (χ4v) is 4.44. The van der Waals surface area contributed by atoms with Crippen molar-refractivity contribution in [3.8, 4) is 0 Å². The number of carbonyl (C=O) groups excluding carboxylic acids is 1. The lowest BCUT2D eigenvalue weighted by Crippen LogP contribution is -2.31. The molecule has 0 saturated heterocycles. The Morgan fingerprint density at radius 3 is 2.76 bits per heavy atom. The average molecular weight is 392 g/mol. The SMILES string of the molecule is O=c1[nH]c2c(F)cccc2n1[C@H]1CC[C@@H](C(=O)Nc2ccc3cc[nH]c3c2)CC1. The van der Waals surface area contributed by atoms with E-state index in [0.717, 1.165) is 16.6 Å². The summed E-state index contributed by atoms with van der Waals surface area (Å²) in [5, 5.41) is 4.11. The van der Waals surface area contributed by atoms with Crippen molar-refractivity contribution in [3.05, 3.63) is 65.0 Å². The number of hydrogen-bond donors (Lipinski definition) is 3. The van der Waals surface area contributed by atoms with Crippen LogP contribution in [-0.4, -0.2) is 20.4 Å². The first-order valence-electron chi connectivity index (χ1n) is 9.87. The first kappa shape index (κ1) is 17.7. The van der Waals surface area contributed by atoms with E-state index < -0.39 is 5.82 Å². The Balaban J connectivity index is 1.29. The van der Waals surface area contributed by atoms with Crippen molar-refractivity contribution in [1.29, 1.82) is 0 Å². The highest BCUT2D eigenvalue weighted by Gasteiger charge is 2.29. The van der Waals surface area contributed by atoms with Gasteiger partial charge < -0.3 is 15.3 Å². The van der Waals surface area contributed by atoms with Crippen LogP contribution in [0.15, 0.2) is 53.5 Å². The van der Waals surface area contributed by atoms with E-state index in [2.05, 4.69) is 15.3 Å². The molecule has 0 unspecified atom stereocenters. The van der Waals surface area contributed by atoms with Crippen LogP contribution in [0.4, 0.5) is 10.1 Å². The number of anilines is 1. The smallest absolute Gasteiger partial charge is 0.326 e. The quantitative estimate of drug-likeness (QED) is 0.485. The Morgan fingerprint density at radius 1 is 1.10 bits per heavy atom. The first-order chi connectivity index (χ1) is 14.1. The van der Waals surface area contributed by atoms with Gasteiger partial charge in [0.2, 0.25) is 5.91 Å². The Labute approximate surface area is 165 Å². The number of hydrogen-bond acceptors (Lipinski definition) is 2. The number of H-pyrrole nitrogens is 2. The van der Waals surface area contributed by atoms with Gasteiger partial charge in [0.05, 0.1) is 5.52 Å². The zero-order valence-electron chi connectivity index (χ0n) is 15.7. The number of amides is 1. The molecule has 1 saturated carbocycles. The third-order valence-corrected chi connectivity index (χ3v) is 5.96. The number of carbonyl (C=O) groups is 1. The van der Waals surface area contributed by atoms with Crippen LogP contribution in [-0.2, 0) is 4.79 Å². The number of nitrogens with zero attached hydrogens (tertiary/aromatic N) is 1. The maximum Gasteiger partial charge on any atom is 0.326 e. The second kappa shape index (κ2) is 6.92. The Kier molecular flexibility index (Phi) is 4.23. The van der Waals surface area contributed by atoms with Gasteiger partial charge in [0.1, 0.15) is 11.3 Å². The molecule has 29 heavy (non-hydrogen) atoms. The summed E-state index contributed by atoms with van der Waals surface area (Å²) < 4.78 is 15.6. The van der Waals surface area contributed by atoms with Gasteiger partial charge in [-0.3, -0.25) is 9.36 Å². The summed E-state index contributed by atoms with van der Waals surface area (Å²) in [6.07, 6.45) is 4.66. The number of para-hydroxylation sites is 1. The molecule has 7 heteroatoms. The molecule has 6 nitrogen and oxygen atoms in total. The molecule has 1 aliphatic carbocycles. The molecule has 2 aromatic carbocycles. The number of halogens is 1. The molecule has 3 N–H and O–H groups in total. The van der Waals surface area contributed by atoms with Gasteiger partial charge in [-0.25, -0.2) is 9.18 Å². The van der Waals surface area contributed by atoms with Crippen LogP contribution in [0, 0.1) is 11.7 Å². The standard InChI is InChI=1S/C22H21FN4O2/c23-17-2-1-3-19-20(17)26-22(29)27(19)16-8-5-14(6-9-16)21(28)25-15-7-4-13-10-11-24-18(13)12-15/h1-4,7,10-12,14,16,24H,5-6,8-9H2,(H,25,28)(H,26,29)/t14-,16+. The molecule has 148 valence electrons. The molecular formula is C22H21FN4O2. The van der Waals surface area contributed by atoms with Crippen molar-refractivity contribution in [2.24, 2.45) is 5.92 Å². The van der Waals surface area contributed by atoms with Gasteiger partial charge in [0, 0.05) is 29.4 Å². The normalized spacial score (nSPS) is 19.6. The van der Waals surface area contributed by atoms with E-state index in [1.54, 1.807) is 16.7 Å². The molecule has 2 heterocycles. The van der Waals surface area contributed by atoms with Gasteiger partial charge in [-0.05, 0) is 61.4 Å². The maximum absolute atomic E-state index is 14.0. The van der Waals surface area contributed by atoms with Crippen LogP contribution in [0.2, 0.25) is 0 Å². The third-order valence-electron chi connectivity index (χ3n) is 5.96. The van der Waals surface area contributed by atoms with Crippen molar-refractivity contribution in [2.75, 3.05) is 5.32 Å². The molecule has 2 aromatic heterocycles. The molecule has 0 atom stereocenters. The maximum atomic E-state index is 14.0. The monoisotopic (exact) mass is 392 g/mol. The van der Waals surface area contributed by atoms with Crippen LogP contribution in [0.5, 0.6) is 0 Å².